The van der Waals surface area contributed by atoms with E-state index in [-0.39, 0.29) is 11.5 Å². The Morgan fingerprint density at radius 1 is 1.65 bits per heavy atom. The summed E-state index contributed by atoms with van der Waals surface area (Å²) < 4.78 is 0. The van der Waals surface area contributed by atoms with Gasteiger partial charge in [0.1, 0.15) is 0 Å². The molecule has 2 heterocycles. The van der Waals surface area contributed by atoms with E-state index >= 15 is 0 Å². The fourth-order valence-corrected chi connectivity index (χ4v) is 2.69. The molecule has 1 aromatic heterocycles. The summed E-state index contributed by atoms with van der Waals surface area (Å²) in [6, 6.07) is 1.30. The monoisotopic (exact) mass is 280 g/mol. The summed E-state index contributed by atoms with van der Waals surface area (Å²) in [6.07, 6.45) is 3.53. The molecule has 0 aromatic carbocycles. The molecule has 1 atom stereocenters. The minimum absolute atomic E-state index is 0.0694. The van der Waals surface area contributed by atoms with Crippen LogP contribution in [0.15, 0.2) is 12.3 Å². The summed E-state index contributed by atoms with van der Waals surface area (Å²) in [5.74, 6) is 0.475. The van der Waals surface area contributed by atoms with Gasteiger partial charge >= 0.3 is 0 Å². The van der Waals surface area contributed by atoms with Crippen molar-refractivity contribution in [2.45, 2.75) is 12.8 Å². The molecule has 20 heavy (non-hydrogen) atoms. The Hall–Kier alpha value is -1.73. The summed E-state index contributed by atoms with van der Waals surface area (Å²) in [5.41, 5.74) is 0.243. The second-order valence-electron chi connectivity index (χ2n) is 5.25. The van der Waals surface area contributed by atoms with E-state index < -0.39 is 4.92 Å². The summed E-state index contributed by atoms with van der Waals surface area (Å²) in [4.78, 5) is 27.0. The number of nitrogens with one attached hydrogen (secondary N) is 2. The number of likely N-dealkylation sites (tertiary alicyclic amines) is 1. The predicted octanol–water partition coefficient (Wildman–Crippen LogP) is 1.04. The van der Waals surface area contributed by atoms with Crippen molar-refractivity contribution in [2.75, 3.05) is 33.2 Å². The van der Waals surface area contributed by atoms with E-state index in [0.29, 0.717) is 18.2 Å². The molecule has 7 nitrogen and oxygen atoms in total. The van der Waals surface area contributed by atoms with E-state index in [0.717, 1.165) is 26.1 Å². The number of hydrogen-bond donors (Lipinski definition) is 2. The van der Waals surface area contributed by atoms with Crippen molar-refractivity contribution in [3.05, 3.63) is 28.1 Å². The first kappa shape index (κ1) is 14.7. The van der Waals surface area contributed by atoms with Gasteiger partial charge in [0.05, 0.1) is 23.4 Å². The van der Waals surface area contributed by atoms with E-state index in [9.17, 15) is 14.9 Å². The molecule has 0 bridgehead atoms. The molecule has 1 aliphatic rings. The van der Waals surface area contributed by atoms with Crippen LogP contribution in [0.4, 0.5) is 5.69 Å². The highest BCUT2D eigenvalue weighted by Gasteiger charge is 2.22. The zero-order valence-corrected chi connectivity index (χ0v) is 11.6. The third kappa shape index (κ3) is 3.64. The molecular formula is C13H20N4O3. The maximum atomic E-state index is 12.1. The van der Waals surface area contributed by atoms with E-state index in [2.05, 4.69) is 15.2 Å². The highest BCUT2D eigenvalue weighted by Crippen LogP contribution is 2.17. The van der Waals surface area contributed by atoms with Crippen molar-refractivity contribution in [1.82, 2.24) is 15.2 Å². The van der Waals surface area contributed by atoms with Gasteiger partial charge in [-0.1, -0.05) is 0 Å². The average molecular weight is 280 g/mol. The van der Waals surface area contributed by atoms with E-state index in [1.165, 1.54) is 18.7 Å². The summed E-state index contributed by atoms with van der Waals surface area (Å²) in [6.45, 7) is 3.08. The molecule has 1 fully saturated rings. The second-order valence-corrected chi connectivity index (χ2v) is 5.25. The van der Waals surface area contributed by atoms with Crippen LogP contribution >= 0.6 is 0 Å². The Labute approximate surface area is 117 Å². The van der Waals surface area contributed by atoms with Crippen LogP contribution in [0.25, 0.3) is 0 Å². The van der Waals surface area contributed by atoms with Crippen molar-refractivity contribution >= 4 is 11.5 Å². The summed E-state index contributed by atoms with van der Waals surface area (Å²) in [7, 11) is 1.93. The zero-order valence-electron chi connectivity index (χ0n) is 11.6. The summed E-state index contributed by atoms with van der Waals surface area (Å²) >= 11 is 0. The fraction of sp³-hybridized carbons (Fsp3) is 0.615. The molecule has 0 aliphatic carbocycles. The molecule has 1 aromatic rings. The van der Waals surface area contributed by atoms with Gasteiger partial charge in [-0.2, -0.15) is 0 Å². The Balaban J connectivity index is 1.91. The second kappa shape index (κ2) is 6.62. The fourth-order valence-electron chi connectivity index (χ4n) is 2.69. The first-order valence-electron chi connectivity index (χ1n) is 6.83. The Morgan fingerprint density at radius 2 is 2.45 bits per heavy atom. The van der Waals surface area contributed by atoms with Crippen LogP contribution in [0.2, 0.25) is 0 Å². The van der Waals surface area contributed by atoms with E-state index in [1.54, 1.807) is 0 Å². The average Bonchev–Trinajstić information content (AvgIpc) is 2.89. The third-order valence-electron chi connectivity index (χ3n) is 3.64. The van der Waals surface area contributed by atoms with Crippen LogP contribution in [0.5, 0.6) is 0 Å². The number of Topliss-reactive ketones (excluding diaryl/α,β-unsaturated/α-hetero) is 1. The number of ketones is 1. The van der Waals surface area contributed by atoms with Gasteiger partial charge in [-0.05, 0) is 38.9 Å². The third-order valence-corrected chi connectivity index (χ3v) is 3.64. The Kier molecular flexibility index (Phi) is 4.86. The molecule has 0 radical (unpaired) electrons. The van der Waals surface area contributed by atoms with Crippen molar-refractivity contribution < 1.29 is 9.72 Å². The number of piperidine rings is 1. The molecule has 2 N–H and O–H groups in total. The van der Waals surface area contributed by atoms with E-state index in [4.69, 9.17) is 0 Å². The maximum absolute atomic E-state index is 12.1. The molecule has 1 unspecified atom stereocenters. The lowest BCUT2D eigenvalue weighted by molar-refractivity contribution is -0.384. The molecule has 0 saturated carbocycles. The van der Waals surface area contributed by atoms with E-state index in [1.807, 2.05) is 7.05 Å². The van der Waals surface area contributed by atoms with Gasteiger partial charge in [0, 0.05) is 12.6 Å². The Bertz CT molecular complexity index is 484. The number of aromatic nitrogens is 1. The number of nitrogens with zero attached hydrogens (tertiary/aromatic N) is 2. The molecular weight excluding hydrogens is 260 g/mol. The van der Waals surface area contributed by atoms with Crippen LogP contribution < -0.4 is 5.32 Å². The van der Waals surface area contributed by atoms with Gasteiger partial charge in [-0.3, -0.25) is 19.8 Å². The lowest BCUT2D eigenvalue weighted by Crippen LogP contribution is -2.41. The molecule has 0 amide bonds. The normalized spacial score (nSPS) is 19.9. The van der Waals surface area contributed by atoms with Crippen LogP contribution in [0, 0.1) is 16.0 Å². The van der Waals surface area contributed by atoms with Gasteiger partial charge in [0.25, 0.3) is 5.69 Å². The largest absolute Gasteiger partial charge is 0.353 e. The Morgan fingerprint density at radius 3 is 3.10 bits per heavy atom. The van der Waals surface area contributed by atoms with Crippen LogP contribution in [0.1, 0.15) is 23.3 Å². The van der Waals surface area contributed by atoms with Gasteiger partial charge in [0.15, 0.2) is 5.78 Å². The molecule has 7 heteroatoms. The highest BCUT2D eigenvalue weighted by atomic mass is 16.6. The molecule has 0 spiro atoms. The lowest BCUT2D eigenvalue weighted by Gasteiger charge is -2.31. The topological polar surface area (TPSA) is 91.3 Å². The molecule has 110 valence electrons. The number of carbonyl (C=O) groups excluding carboxylic acids is 1. The number of aromatic amines is 1. The molecule has 2 rings (SSSR count). The van der Waals surface area contributed by atoms with Gasteiger partial charge in [0.2, 0.25) is 0 Å². The first-order valence-corrected chi connectivity index (χ1v) is 6.83. The number of rotatable bonds is 6. The van der Waals surface area contributed by atoms with Crippen molar-refractivity contribution in [2.24, 2.45) is 5.92 Å². The van der Waals surface area contributed by atoms with Crippen molar-refractivity contribution in [3.8, 4) is 0 Å². The summed E-state index contributed by atoms with van der Waals surface area (Å²) in [5, 5.41) is 13.8. The van der Waals surface area contributed by atoms with Crippen LogP contribution in [0.3, 0.4) is 0 Å². The highest BCUT2D eigenvalue weighted by molar-refractivity contribution is 5.96. The van der Waals surface area contributed by atoms with Gasteiger partial charge in [-0.15, -0.1) is 0 Å². The smallest absolute Gasteiger partial charge is 0.287 e. The van der Waals surface area contributed by atoms with Crippen LogP contribution in [-0.2, 0) is 0 Å². The molecule has 1 aliphatic heterocycles. The van der Waals surface area contributed by atoms with Gasteiger partial charge < -0.3 is 10.3 Å². The first-order chi connectivity index (χ1) is 9.60. The zero-order chi connectivity index (χ0) is 14.5. The van der Waals surface area contributed by atoms with Crippen molar-refractivity contribution in [3.63, 3.8) is 0 Å². The standard InChI is InChI=1S/C13H20N4O3/c1-14-6-10-3-2-4-16(8-10)9-13(18)12-5-11(7-15-12)17(19)20/h5,7,10,14-15H,2-4,6,8-9H2,1H3. The number of hydrogen-bond acceptors (Lipinski definition) is 5. The molecule has 1 saturated heterocycles. The minimum atomic E-state index is -0.503. The lowest BCUT2D eigenvalue weighted by atomic mass is 9.98. The maximum Gasteiger partial charge on any atom is 0.287 e. The van der Waals surface area contributed by atoms with Crippen LogP contribution in [-0.4, -0.2) is 53.8 Å². The predicted molar refractivity (Wildman–Crippen MR) is 74.9 cm³/mol. The number of nitro groups is 1. The van der Waals surface area contributed by atoms with Crippen molar-refractivity contribution in [1.29, 1.82) is 0 Å². The number of H-pyrrole nitrogens is 1. The quantitative estimate of drug-likeness (QED) is 0.461. The SMILES string of the molecule is CNCC1CCCN(CC(=O)c2cc([N+](=O)[O-])c[nH]2)C1. The minimum Gasteiger partial charge on any atom is -0.353 e. The van der Waals surface area contributed by atoms with Gasteiger partial charge in [-0.25, -0.2) is 0 Å². The number of carbonyl (C=O) groups is 1.